The Morgan fingerprint density at radius 1 is 1.69 bits per heavy atom. The average molecular weight is 246 g/mol. The van der Waals surface area contributed by atoms with Gasteiger partial charge >= 0.3 is 5.97 Å². The highest BCUT2D eigenvalue weighted by Gasteiger charge is 2.18. The fourth-order valence-electron chi connectivity index (χ4n) is 1.01. The summed E-state index contributed by atoms with van der Waals surface area (Å²) in [7, 11) is 0. The van der Waals surface area contributed by atoms with Gasteiger partial charge in [-0.05, 0) is 18.2 Å². The lowest BCUT2D eigenvalue weighted by atomic mass is 10.0. The van der Waals surface area contributed by atoms with Crippen molar-refractivity contribution < 1.29 is 18.8 Å². The SMILES string of the molecule is [2H]c1cc(Cl)c([2H])c(N)c1C(=O)CC([2H])(N)C(=O)O. The molecule has 1 unspecified atom stereocenters. The topological polar surface area (TPSA) is 106 Å². The lowest BCUT2D eigenvalue weighted by Crippen LogP contribution is -2.32. The average Bonchev–Trinajstić information content (AvgIpc) is 2.25. The molecule has 0 heterocycles. The summed E-state index contributed by atoms with van der Waals surface area (Å²) in [6.45, 7) is 0. The van der Waals surface area contributed by atoms with Crippen LogP contribution in [0.25, 0.3) is 0 Å². The van der Waals surface area contributed by atoms with Gasteiger partial charge in [0.15, 0.2) is 5.78 Å². The molecule has 0 bridgehead atoms. The zero-order valence-electron chi connectivity index (χ0n) is 11.1. The molecular weight excluding hydrogens is 232 g/mol. The summed E-state index contributed by atoms with van der Waals surface area (Å²) in [6, 6.07) is -2.14. The molecule has 0 saturated heterocycles. The van der Waals surface area contributed by atoms with Crippen molar-refractivity contribution in [2.75, 3.05) is 5.73 Å². The predicted molar refractivity (Wildman–Crippen MR) is 60.4 cm³/mol. The third kappa shape index (κ3) is 2.95. The molecular formula is C10H11ClN2O3. The lowest BCUT2D eigenvalue weighted by Gasteiger charge is -2.07. The molecule has 6 heteroatoms. The Balaban J connectivity index is 3.22. The van der Waals surface area contributed by atoms with Crippen molar-refractivity contribution in [2.24, 2.45) is 5.73 Å². The van der Waals surface area contributed by atoms with Crippen LogP contribution in [0.3, 0.4) is 0 Å². The monoisotopic (exact) mass is 245 g/mol. The van der Waals surface area contributed by atoms with Gasteiger partial charge in [-0.1, -0.05) is 11.6 Å². The molecule has 0 aromatic heterocycles. The number of nitrogens with two attached hydrogens (primary N) is 2. The third-order valence-electron chi connectivity index (χ3n) is 1.77. The number of nitrogen functional groups attached to an aromatic ring is 1. The maximum absolute atomic E-state index is 11.9. The van der Waals surface area contributed by atoms with E-state index in [2.05, 4.69) is 0 Å². The zero-order valence-corrected chi connectivity index (χ0v) is 8.84. The highest BCUT2D eigenvalue weighted by molar-refractivity contribution is 6.31. The van der Waals surface area contributed by atoms with Gasteiger partial charge in [0.05, 0.1) is 4.11 Å². The maximum atomic E-state index is 11.9. The first-order valence-corrected chi connectivity index (χ1v) is 4.56. The highest BCUT2D eigenvalue weighted by atomic mass is 35.5. The molecule has 1 aromatic rings. The van der Waals surface area contributed by atoms with Crippen LogP contribution < -0.4 is 11.5 Å². The molecule has 0 amide bonds. The van der Waals surface area contributed by atoms with Gasteiger partial charge in [0, 0.05) is 22.7 Å². The van der Waals surface area contributed by atoms with E-state index in [-0.39, 0.29) is 28.4 Å². The van der Waals surface area contributed by atoms with Gasteiger partial charge in [-0.25, -0.2) is 0 Å². The number of carboxylic acid groups (broad SMARTS) is 1. The molecule has 0 aliphatic heterocycles. The van der Waals surface area contributed by atoms with Crippen LogP contribution in [0.15, 0.2) is 18.2 Å². The number of Topliss-reactive ketones (excluding diaryl/α,β-unsaturated/α-hetero) is 1. The summed E-state index contributed by atoms with van der Waals surface area (Å²) in [5.74, 6) is -2.57. The first-order chi connectivity index (χ1) is 8.58. The summed E-state index contributed by atoms with van der Waals surface area (Å²) in [5, 5.41) is 8.58. The second-order valence-corrected chi connectivity index (χ2v) is 3.39. The fraction of sp³-hybridized carbons (Fsp3) is 0.200. The van der Waals surface area contributed by atoms with Crippen LogP contribution in [-0.4, -0.2) is 22.9 Å². The van der Waals surface area contributed by atoms with Crippen molar-refractivity contribution in [3.63, 3.8) is 0 Å². The van der Waals surface area contributed by atoms with Gasteiger partial charge in [-0.3, -0.25) is 9.59 Å². The normalized spacial score (nSPS) is 16.8. The number of carbonyl (C=O) groups is 2. The van der Waals surface area contributed by atoms with Crippen molar-refractivity contribution >= 4 is 29.0 Å². The van der Waals surface area contributed by atoms with E-state index in [1.807, 2.05) is 0 Å². The van der Waals surface area contributed by atoms with E-state index >= 15 is 0 Å². The summed E-state index contributed by atoms with van der Waals surface area (Å²) in [4.78, 5) is 22.6. The standard InChI is InChI=1S/C10H11ClN2O3/c11-5-1-2-6(7(12)3-5)9(14)4-8(13)10(15)16/h1-3,8H,4,12-13H2,(H,15,16)/i2D,3D,8D. The van der Waals surface area contributed by atoms with Crippen LogP contribution in [0.2, 0.25) is 5.02 Å². The predicted octanol–water partition coefficient (Wildman–Crippen LogP) is 0.907. The van der Waals surface area contributed by atoms with Gasteiger partial charge in [-0.15, -0.1) is 0 Å². The van der Waals surface area contributed by atoms with Gasteiger partial charge in [0.2, 0.25) is 0 Å². The number of rotatable bonds is 4. The molecule has 0 radical (unpaired) electrons. The van der Waals surface area contributed by atoms with Crippen LogP contribution >= 0.6 is 11.6 Å². The Hall–Kier alpha value is -1.59. The Kier molecular flexibility index (Phi) is 2.65. The van der Waals surface area contributed by atoms with E-state index in [0.717, 1.165) is 6.07 Å². The number of anilines is 1. The number of carbonyl (C=O) groups excluding carboxylic acids is 1. The Labute approximate surface area is 101 Å². The van der Waals surface area contributed by atoms with Crippen LogP contribution in [0.5, 0.6) is 0 Å². The molecule has 5 N–H and O–H groups in total. The molecule has 0 aliphatic rings. The number of carboxylic acids is 1. The zero-order chi connectivity index (χ0) is 15.0. The van der Waals surface area contributed by atoms with Crippen LogP contribution in [0, 0.1) is 0 Å². The second-order valence-electron chi connectivity index (χ2n) is 2.98. The van der Waals surface area contributed by atoms with Crippen molar-refractivity contribution in [2.45, 2.75) is 12.4 Å². The van der Waals surface area contributed by atoms with E-state index < -0.39 is 24.2 Å². The Morgan fingerprint density at radius 2 is 2.31 bits per heavy atom. The van der Waals surface area contributed by atoms with Crippen molar-refractivity contribution in [1.29, 1.82) is 0 Å². The Bertz CT molecular complexity index is 563. The third-order valence-corrected chi connectivity index (χ3v) is 1.97. The first-order valence-electron chi connectivity index (χ1n) is 5.68. The van der Waals surface area contributed by atoms with E-state index in [0.29, 0.717) is 0 Å². The summed E-state index contributed by atoms with van der Waals surface area (Å²) in [5.41, 5.74) is 9.98. The first kappa shape index (κ1) is 8.55. The molecule has 5 nitrogen and oxygen atoms in total. The van der Waals surface area contributed by atoms with Crippen LogP contribution in [0.4, 0.5) is 5.69 Å². The molecule has 1 atom stereocenters. The number of hydrogen-bond acceptors (Lipinski definition) is 4. The minimum absolute atomic E-state index is 0.0952. The number of hydrogen-bond donors (Lipinski definition) is 3. The Morgan fingerprint density at radius 3 is 2.88 bits per heavy atom. The van der Waals surface area contributed by atoms with Crippen LogP contribution in [0.1, 0.15) is 20.9 Å². The van der Waals surface area contributed by atoms with Gasteiger partial charge < -0.3 is 16.6 Å². The number of ketones is 1. The van der Waals surface area contributed by atoms with Crippen LogP contribution in [-0.2, 0) is 4.79 Å². The molecule has 0 aliphatic carbocycles. The molecule has 86 valence electrons. The summed E-state index contributed by atoms with van der Waals surface area (Å²) >= 11 is 5.62. The number of aliphatic carboxylic acids is 1. The molecule has 16 heavy (non-hydrogen) atoms. The van der Waals surface area contributed by atoms with Crippen molar-refractivity contribution in [3.8, 4) is 0 Å². The van der Waals surface area contributed by atoms with Crippen molar-refractivity contribution in [3.05, 3.63) is 28.7 Å². The van der Waals surface area contributed by atoms with E-state index in [1.54, 1.807) is 0 Å². The van der Waals surface area contributed by atoms with E-state index in [4.69, 9.17) is 32.3 Å². The van der Waals surface area contributed by atoms with Crippen molar-refractivity contribution in [1.82, 2.24) is 0 Å². The maximum Gasteiger partial charge on any atom is 0.320 e. The van der Waals surface area contributed by atoms with Gasteiger partial charge in [0.25, 0.3) is 0 Å². The minimum Gasteiger partial charge on any atom is -0.480 e. The number of halogens is 1. The molecule has 0 fully saturated rings. The smallest absolute Gasteiger partial charge is 0.320 e. The highest BCUT2D eigenvalue weighted by Crippen LogP contribution is 2.19. The molecule has 0 saturated carbocycles. The number of benzene rings is 1. The quantitative estimate of drug-likeness (QED) is 0.540. The van der Waals surface area contributed by atoms with E-state index in [9.17, 15) is 9.59 Å². The van der Waals surface area contributed by atoms with Gasteiger partial charge in [-0.2, -0.15) is 0 Å². The minimum atomic E-state index is -2.52. The molecule has 1 aromatic carbocycles. The lowest BCUT2D eigenvalue weighted by molar-refractivity contribution is -0.138. The van der Waals surface area contributed by atoms with Gasteiger partial charge in [0.1, 0.15) is 6.02 Å². The summed E-state index contributed by atoms with van der Waals surface area (Å²) < 4.78 is 22.4. The largest absolute Gasteiger partial charge is 0.480 e. The molecule has 1 rings (SSSR count). The van der Waals surface area contributed by atoms with E-state index in [1.165, 1.54) is 0 Å². The second kappa shape index (κ2) is 4.96. The molecule has 0 spiro atoms. The summed E-state index contributed by atoms with van der Waals surface area (Å²) in [6.07, 6.45) is -0.862. The fourth-order valence-corrected chi connectivity index (χ4v) is 1.16.